The molecule has 1 heterocycles. The van der Waals surface area contributed by atoms with Gasteiger partial charge >= 0.3 is 0 Å². The van der Waals surface area contributed by atoms with Gasteiger partial charge in [0.1, 0.15) is 0 Å². The maximum atomic E-state index is 12.6. The second-order valence-corrected chi connectivity index (χ2v) is 7.96. The topological polar surface area (TPSA) is 72.5 Å². The lowest BCUT2D eigenvalue weighted by molar-refractivity contribution is -0.903. The summed E-state index contributed by atoms with van der Waals surface area (Å²) in [5, 5.41) is 11.9. The van der Waals surface area contributed by atoms with Crippen molar-refractivity contribution in [3.8, 4) is 11.5 Å². The summed E-state index contributed by atoms with van der Waals surface area (Å²) in [6.45, 7) is 8.30. The van der Waals surface area contributed by atoms with Crippen LogP contribution < -0.4 is 10.2 Å². The Bertz CT molecular complexity index is 1010. The van der Waals surface area contributed by atoms with Crippen LogP contribution in [0.2, 0.25) is 5.02 Å². The molecule has 3 aromatic rings. The van der Waals surface area contributed by atoms with E-state index in [0.717, 1.165) is 27.3 Å². The van der Waals surface area contributed by atoms with Crippen LogP contribution in [0, 0.1) is 20.8 Å². The molecule has 152 valence electrons. The fourth-order valence-electron chi connectivity index (χ4n) is 3.33. The maximum absolute atomic E-state index is 12.6. The number of carbonyl (C=O) groups is 1. The van der Waals surface area contributed by atoms with Gasteiger partial charge in [-0.3, -0.25) is 4.79 Å². The van der Waals surface area contributed by atoms with Crippen LogP contribution in [-0.2, 0) is 4.79 Å². The van der Waals surface area contributed by atoms with Crippen molar-refractivity contribution in [1.29, 1.82) is 0 Å². The first kappa shape index (κ1) is 21.0. The molecule has 2 aromatic carbocycles. The summed E-state index contributed by atoms with van der Waals surface area (Å²) >= 11 is 6.03. The summed E-state index contributed by atoms with van der Waals surface area (Å²) in [4.78, 5) is 13.5. The summed E-state index contributed by atoms with van der Waals surface area (Å²) in [5.74, 6) is 0.837. The lowest BCUT2D eigenvalue weighted by Gasteiger charge is -2.19. The molecule has 2 atom stereocenters. The number of aryl methyl sites for hydroxylation is 3. The van der Waals surface area contributed by atoms with Gasteiger partial charge in [0.05, 0.1) is 7.05 Å². The smallest absolute Gasteiger partial charge is 0.279 e. The van der Waals surface area contributed by atoms with Gasteiger partial charge in [-0.05, 0) is 57.0 Å². The predicted molar refractivity (Wildman–Crippen MR) is 114 cm³/mol. The largest absolute Gasteiger partial charge is 0.415 e. The van der Waals surface area contributed by atoms with Crippen molar-refractivity contribution >= 4 is 23.2 Å². The van der Waals surface area contributed by atoms with Crippen molar-refractivity contribution < 1.29 is 14.1 Å². The first-order valence-corrected chi connectivity index (χ1v) is 9.91. The Hall–Kier alpha value is -2.70. The van der Waals surface area contributed by atoms with Gasteiger partial charge in [0, 0.05) is 16.3 Å². The highest BCUT2D eigenvalue weighted by molar-refractivity contribution is 6.30. The average molecular weight is 414 g/mol. The van der Waals surface area contributed by atoms with Gasteiger partial charge in [-0.25, -0.2) is 0 Å². The monoisotopic (exact) mass is 413 g/mol. The van der Waals surface area contributed by atoms with Crippen LogP contribution in [0.25, 0.3) is 11.5 Å². The first-order chi connectivity index (χ1) is 13.7. The molecule has 0 fully saturated rings. The Morgan fingerprint density at radius 3 is 2.52 bits per heavy atom. The molecule has 0 radical (unpaired) electrons. The van der Waals surface area contributed by atoms with Crippen LogP contribution in [0.1, 0.15) is 35.5 Å². The number of carbonyl (C=O) groups excluding carboxylic acids is 1. The summed E-state index contributed by atoms with van der Waals surface area (Å²) in [5.41, 5.74) is 4.95. The minimum atomic E-state index is -0.138. The Balaban J connectivity index is 1.66. The molecule has 29 heavy (non-hydrogen) atoms. The summed E-state index contributed by atoms with van der Waals surface area (Å²) in [6, 6.07) is 11.3. The molecule has 1 unspecified atom stereocenters. The van der Waals surface area contributed by atoms with E-state index < -0.39 is 0 Å². The lowest BCUT2D eigenvalue weighted by atomic mass is 10.1. The molecule has 0 saturated carbocycles. The van der Waals surface area contributed by atoms with Gasteiger partial charge in [0.25, 0.3) is 11.8 Å². The molecule has 0 saturated heterocycles. The molecule has 6 nitrogen and oxygen atoms in total. The van der Waals surface area contributed by atoms with E-state index in [2.05, 4.69) is 27.6 Å². The highest BCUT2D eigenvalue weighted by Gasteiger charge is 2.25. The van der Waals surface area contributed by atoms with E-state index in [4.69, 9.17) is 16.0 Å². The number of benzene rings is 2. The van der Waals surface area contributed by atoms with E-state index in [0.29, 0.717) is 16.8 Å². The first-order valence-electron chi connectivity index (χ1n) is 9.54. The predicted octanol–water partition coefficient (Wildman–Crippen LogP) is 3.53. The Labute approximate surface area is 175 Å². The molecule has 0 aliphatic carbocycles. The van der Waals surface area contributed by atoms with Crippen molar-refractivity contribution in [3.63, 3.8) is 0 Å². The fraction of sp³-hybridized carbons (Fsp3) is 0.318. The molecule has 7 heteroatoms. The highest BCUT2D eigenvalue weighted by atomic mass is 35.5. The van der Waals surface area contributed by atoms with Crippen molar-refractivity contribution in [2.75, 3.05) is 18.9 Å². The SMILES string of the molecule is Cc1cc(C)c(NC(=O)C[NH+](C)[C@@H](C)c2nnc(-c3cccc(Cl)c3)o2)c(C)c1. The summed E-state index contributed by atoms with van der Waals surface area (Å²) in [6.07, 6.45) is 0. The van der Waals surface area contributed by atoms with E-state index in [1.165, 1.54) is 5.56 Å². The number of halogens is 1. The van der Waals surface area contributed by atoms with Gasteiger partial charge in [0.15, 0.2) is 12.6 Å². The zero-order valence-electron chi connectivity index (χ0n) is 17.3. The van der Waals surface area contributed by atoms with E-state index >= 15 is 0 Å². The number of aromatic nitrogens is 2. The van der Waals surface area contributed by atoms with Crippen LogP contribution >= 0.6 is 11.6 Å². The Morgan fingerprint density at radius 2 is 1.86 bits per heavy atom. The van der Waals surface area contributed by atoms with Gasteiger partial charge in [0.2, 0.25) is 5.89 Å². The molecule has 1 aromatic heterocycles. The number of amides is 1. The third-order valence-electron chi connectivity index (χ3n) is 5.00. The highest BCUT2D eigenvalue weighted by Crippen LogP contribution is 2.23. The van der Waals surface area contributed by atoms with Crippen molar-refractivity contribution in [2.45, 2.75) is 33.7 Å². The molecule has 3 rings (SSSR count). The molecule has 0 aliphatic heterocycles. The molecule has 1 amide bonds. The fourth-order valence-corrected chi connectivity index (χ4v) is 3.52. The number of nitrogens with one attached hydrogen (secondary N) is 2. The molecular formula is C22H26ClN4O2+. The number of rotatable bonds is 6. The number of anilines is 1. The molecule has 0 bridgehead atoms. The third-order valence-corrected chi connectivity index (χ3v) is 5.24. The number of likely N-dealkylation sites (N-methyl/N-ethyl adjacent to an activating group) is 1. The second-order valence-electron chi connectivity index (χ2n) is 7.52. The summed E-state index contributed by atoms with van der Waals surface area (Å²) in [7, 11) is 1.93. The van der Waals surface area contributed by atoms with Crippen LogP contribution in [0.5, 0.6) is 0 Å². The van der Waals surface area contributed by atoms with E-state index in [9.17, 15) is 4.79 Å². The van der Waals surface area contributed by atoms with Crippen LogP contribution in [-0.4, -0.2) is 29.7 Å². The van der Waals surface area contributed by atoms with Crippen molar-refractivity contribution in [2.24, 2.45) is 0 Å². The van der Waals surface area contributed by atoms with E-state index in [-0.39, 0.29) is 18.5 Å². The summed E-state index contributed by atoms with van der Waals surface area (Å²) < 4.78 is 5.83. The number of quaternary nitrogens is 1. The van der Waals surface area contributed by atoms with E-state index in [1.807, 2.05) is 46.9 Å². The normalized spacial score (nSPS) is 13.2. The van der Waals surface area contributed by atoms with Gasteiger partial charge in [-0.2, -0.15) is 0 Å². The maximum Gasteiger partial charge on any atom is 0.279 e. The molecule has 0 spiro atoms. The average Bonchev–Trinajstić information content (AvgIpc) is 3.14. The van der Waals surface area contributed by atoms with Gasteiger partial charge in [-0.1, -0.05) is 35.4 Å². The molecule has 0 aliphatic rings. The van der Waals surface area contributed by atoms with Crippen LogP contribution in [0.4, 0.5) is 5.69 Å². The Morgan fingerprint density at radius 1 is 1.17 bits per heavy atom. The van der Waals surface area contributed by atoms with E-state index in [1.54, 1.807) is 12.1 Å². The van der Waals surface area contributed by atoms with Crippen molar-refractivity contribution in [1.82, 2.24) is 10.2 Å². The third kappa shape index (κ3) is 5.02. The standard InChI is InChI=1S/C22H25ClN4O2/c1-13-9-14(2)20(15(3)10-13)24-19(28)12-27(5)16(4)21-25-26-22(29-21)17-7-6-8-18(23)11-17/h6-11,16H,12H2,1-5H3,(H,24,28)/p+1/t16-/m0/s1. The van der Waals surface area contributed by atoms with Gasteiger partial charge < -0.3 is 14.6 Å². The lowest BCUT2D eigenvalue weighted by Crippen LogP contribution is -3.10. The molecule has 2 N–H and O–H groups in total. The number of hydrogen-bond donors (Lipinski definition) is 2. The zero-order chi connectivity index (χ0) is 21.1. The minimum absolute atomic E-state index is 0.0565. The van der Waals surface area contributed by atoms with Crippen molar-refractivity contribution in [3.05, 3.63) is 64.0 Å². The zero-order valence-corrected chi connectivity index (χ0v) is 18.1. The molecular weight excluding hydrogens is 388 g/mol. The number of nitrogens with zero attached hydrogens (tertiary/aromatic N) is 2. The minimum Gasteiger partial charge on any atom is -0.415 e. The Kier molecular flexibility index (Phi) is 6.35. The van der Waals surface area contributed by atoms with Gasteiger partial charge in [-0.15, -0.1) is 10.2 Å². The second kappa shape index (κ2) is 8.76. The number of hydrogen-bond acceptors (Lipinski definition) is 4. The van der Waals surface area contributed by atoms with Crippen LogP contribution in [0.3, 0.4) is 0 Å². The van der Waals surface area contributed by atoms with Crippen LogP contribution in [0.15, 0.2) is 40.8 Å². The quantitative estimate of drug-likeness (QED) is 0.648.